The molecule has 0 aliphatic carbocycles. The number of rotatable bonds is 11. The molecule has 10 nitrogen and oxygen atoms in total. The van der Waals surface area contributed by atoms with Crippen LogP contribution in [-0.2, 0) is 30.2 Å². The molecule has 1 N–H and O–H groups in total. The maximum Gasteiger partial charge on any atom is 0.331 e. The van der Waals surface area contributed by atoms with E-state index in [2.05, 4.69) is 41.5 Å². The summed E-state index contributed by atoms with van der Waals surface area (Å²) in [6, 6.07) is 14.8. The topological polar surface area (TPSA) is 122 Å². The van der Waals surface area contributed by atoms with Crippen molar-refractivity contribution in [2.75, 3.05) is 26.9 Å². The van der Waals surface area contributed by atoms with Crippen LogP contribution in [0, 0.1) is 5.92 Å². The van der Waals surface area contributed by atoms with Gasteiger partial charge in [0.25, 0.3) is 5.91 Å². The Morgan fingerprint density at radius 1 is 1.07 bits per heavy atom. The third kappa shape index (κ3) is 8.30. The zero-order chi connectivity index (χ0) is 30.8. The quantitative estimate of drug-likeness (QED) is 0.250. The highest BCUT2D eigenvalue weighted by Gasteiger charge is 2.36. The molecule has 3 aromatic rings. The minimum absolute atomic E-state index is 0.125. The van der Waals surface area contributed by atoms with Crippen molar-refractivity contribution in [2.45, 2.75) is 64.7 Å². The van der Waals surface area contributed by atoms with E-state index in [1.54, 1.807) is 0 Å². The van der Waals surface area contributed by atoms with Crippen LogP contribution >= 0.6 is 0 Å². The SMILES string of the molecule is CCCCCOC1C(Cc2cccc3ccccc23)COCC(NC(=O)c2nccc(OC)c2OC(C)=O)C(=O)OC1C. The van der Waals surface area contributed by atoms with Gasteiger partial charge in [0.05, 0.1) is 26.4 Å². The van der Waals surface area contributed by atoms with Crippen LogP contribution in [0.1, 0.15) is 56.1 Å². The largest absolute Gasteiger partial charge is 0.493 e. The molecule has 0 spiro atoms. The van der Waals surface area contributed by atoms with Crippen LogP contribution in [0.3, 0.4) is 0 Å². The molecule has 10 heteroatoms. The summed E-state index contributed by atoms with van der Waals surface area (Å²) in [7, 11) is 1.38. The van der Waals surface area contributed by atoms with Crippen molar-refractivity contribution in [3.05, 3.63) is 66.0 Å². The second-order valence-corrected chi connectivity index (χ2v) is 10.6. The van der Waals surface area contributed by atoms with E-state index in [1.165, 1.54) is 26.3 Å². The van der Waals surface area contributed by atoms with Crippen molar-refractivity contribution in [3.8, 4) is 11.5 Å². The number of benzene rings is 2. The van der Waals surface area contributed by atoms with Crippen LogP contribution in [0.25, 0.3) is 10.8 Å². The number of cyclic esters (lactones) is 1. The molecule has 43 heavy (non-hydrogen) atoms. The number of fused-ring (bicyclic) bond motifs is 1. The van der Waals surface area contributed by atoms with Crippen molar-refractivity contribution in [2.24, 2.45) is 5.92 Å². The normalized spacial score (nSPS) is 20.8. The summed E-state index contributed by atoms with van der Waals surface area (Å²) in [4.78, 5) is 42.4. The molecule has 2 aromatic carbocycles. The highest BCUT2D eigenvalue weighted by Crippen LogP contribution is 2.30. The molecular formula is C33H40N2O8. The number of nitrogens with zero attached hydrogens (tertiary/aromatic N) is 1. The molecule has 230 valence electrons. The van der Waals surface area contributed by atoms with Crippen LogP contribution < -0.4 is 14.8 Å². The molecule has 0 saturated carbocycles. The average molecular weight is 593 g/mol. The predicted molar refractivity (Wildman–Crippen MR) is 160 cm³/mol. The summed E-state index contributed by atoms with van der Waals surface area (Å²) in [5.41, 5.74) is 0.944. The lowest BCUT2D eigenvalue weighted by atomic mass is 9.89. The Hall–Kier alpha value is -4.02. The number of unbranched alkanes of at least 4 members (excludes halogenated alkanes) is 2. The minimum atomic E-state index is -1.13. The third-order valence-electron chi connectivity index (χ3n) is 7.41. The maximum atomic E-state index is 13.3. The van der Waals surface area contributed by atoms with Crippen molar-refractivity contribution in [1.29, 1.82) is 0 Å². The molecular weight excluding hydrogens is 552 g/mol. The van der Waals surface area contributed by atoms with Gasteiger partial charge in [0.2, 0.25) is 5.75 Å². The molecule has 0 radical (unpaired) electrons. The number of hydrogen-bond donors (Lipinski definition) is 1. The summed E-state index contributed by atoms with van der Waals surface area (Å²) in [6.45, 7) is 5.84. The Kier molecular flexibility index (Phi) is 11.5. The van der Waals surface area contributed by atoms with E-state index in [4.69, 9.17) is 23.7 Å². The second kappa shape index (κ2) is 15.5. The Balaban J connectivity index is 1.56. The molecule has 1 amide bonds. The van der Waals surface area contributed by atoms with Crippen molar-refractivity contribution < 1.29 is 38.1 Å². The smallest absolute Gasteiger partial charge is 0.331 e. The number of amides is 1. The average Bonchev–Trinajstić information content (AvgIpc) is 3.04. The molecule has 1 saturated heterocycles. The Bertz CT molecular complexity index is 1410. The molecule has 1 aliphatic rings. The number of aromatic nitrogens is 1. The van der Waals surface area contributed by atoms with Crippen LogP contribution in [0.5, 0.6) is 11.5 Å². The first kappa shape index (κ1) is 31.9. The number of esters is 2. The van der Waals surface area contributed by atoms with E-state index < -0.39 is 36.1 Å². The summed E-state index contributed by atoms with van der Waals surface area (Å²) in [5.74, 6) is -2.17. The lowest BCUT2D eigenvalue weighted by molar-refractivity contribution is -0.160. The minimum Gasteiger partial charge on any atom is -0.493 e. The highest BCUT2D eigenvalue weighted by molar-refractivity contribution is 5.98. The van der Waals surface area contributed by atoms with Gasteiger partial charge >= 0.3 is 11.9 Å². The molecule has 4 rings (SSSR count). The number of ether oxygens (including phenoxy) is 5. The predicted octanol–water partition coefficient (Wildman–Crippen LogP) is 4.66. The highest BCUT2D eigenvalue weighted by atomic mass is 16.6. The van der Waals surface area contributed by atoms with Gasteiger partial charge in [0.1, 0.15) is 6.10 Å². The van der Waals surface area contributed by atoms with E-state index in [-0.39, 0.29) is 36.3 Å². The van der Waals surface area contributed by atoms with E-state index in [0.717, 1.165) is 35.6 Å². The van der Waals surface area contributed by atoms with Gasteiger partial charge < -0.3 is 29.0 Å². The van der Waals surface area contributed by atoms with Gasteiger partial charge in [-0.15, -0.1) is 0 Å². The standard InChI is InChI=1S/C33H40N2O8/c1-5-6-9-17-41-30-21(2)42-33(38)27(35-32(37)29-31(43-22(3)36)28(39-4)15-16-34-29)20-40-19-25(30)18-24-13-10-12-23-11-7-8-14-26(23)24/h7-8,10-16,21,25,27,30H,5-6,9,17-20H2,1-4H3,(H,35,37). The maximum absolute atomic E-state index is 13.3. The third-order valence-corrected chi connectivity index (χ3v) is 7.41. The number of hydrogen-bond acceptors (Lipinski definition) is 9. The van der Waals surface area contributed by atoms with Gasteiger partial charge in [-0.05, 0) is 36.1 Å². The number of methoxy groups -OCH3 is 1. The number of pyridine rings is 1. The van der Waals surface area contributed by atoms with Crippen LogP contribution in [0.15, 0.2) is 54.7 Å². The summed E-state index contributed by atoms with van der Waals surface area (Å²) < 4.78 is 28.8. The summed E-state index contributed by atoms with van der Waals surface area (Å²) in [6.07, 6.45) is 3.95. The zero-order valence-corrected chi connectivity index (χ0v) is 25.2. The fraction of sp³-hybridized carbons (Fsp3) is 0.455. The van der Waals surface area contributed by atoms with Crippen molar-refractivity contribution in [3.63, 3.8) is 0 Å². The van der Waals surface area contributed by atoms with Gasteiger partial charge in [-0.3, -0.25) is 9.59 Å². The van der Waals surface area contributed by atoms with Crippen molar-refractivity contribution >= 4 is 28.6 Å². The fourth-order valence-corrected chi connectivity index (χ4v) is 5.31. The Labute approximate surface area is 252 Å². The number of carbonyl (C=O) groups excluding carboxylic acids is 3. The lowest BCUT2D eigenvalue weighted by Gasteiger charge is -2.31. The molecule has 1 fully saturated rings. The van der Waals surface area contributed by atoms with E-state index in [9.17, 15) is 14.4 Å². The van der Waals surface area contributed by atoms with Gasteiger partial charge in [-0.25, -0.2) is 9.78 Å². The number of carbonyl (C=O) groups is 3. The van der Waals surface area contributed by atoms with Gasteiger partial charge in [-0.1, -0.05) is 62.2 Å². The molecule has 1 aromatic heterocycles. The van der Waals surface area contributed by atoms with E-state index in [0.29, 0.717) is 13.0 Å². The molecule has 0 bridgehead atoms. The molecule has 2 heterocycles. The van der Waals surface area contributed by atoms with E-state index >= 15 is 0 Å². The molecule has 4 unspecified atom stereocenters. The van der Waals surface area contributed by atoms with Gasteiger partial charge in [0.15, 0.2) is 17.5 Å². The van der Waals surface area contributed by atoms with Gasteiger partial charge in [0, 0.05) is 31.7 Å². The monoisotopic (exact) mass is 592 g/mol. The zero-order valence-electron chi connectivity index (χ0n) is 25.2. The Morgan fingerprint density at radius 2 is 1.86 bits per heavy atom. The first-order valence-corrected chi connectivity index (χ1v) is 14.7. The number of nitrogens with one attached hydrogen (secondary N) is 1. The van der Waals surface area contributed by atoms with E-state index in [1.807, 2.05) is 25.1 Å². The Morgan fingerprint density at radius 3 is 2.63 bits per heavy atom. The summed E-state index contributed by atoms with van der Waals surface area (Å²) in [5, 5.41) is 4.94. The lowest BCUT2D eigenvalue weighted by Crippen LogP contribution is -2.46. The molecule has 1 aliphatic heterocycles. The molecule has 4 atom stereocenters. The summed E-state index contributed by atoms with van der Waals surface area (Å²) >= 11 is 0. The van der Waals surface area contributed by atoms with Crippen LogP contribution in [0.4, 0.5) is 0 Å². The van der Waals surface area contributed by atoms with Crippen molar-refractivity contribution in [1.82, 2.24) is 10.3 Å². The van der Waals surface area contributed by atoms with Crippen LogP contribution in [0.2, 0.25) is 0 Å². The van der Waals surface area contributed by atoms with Gasteiger partial charge in [-0.2, -0.15) is 0 Å². The first-order valence-electron chi connectivity index (χ1n) is 14.7. The van der Waals surface area contributed by atoms with Crippen LogP contribution in [-0.4, -0.2) is 68.0 Å². The second-order valence-electron chi connectivity index (χ2n) is 10.6. The first-order chi connectivity index (χ1) is 20.8. The fourth-order valence-electron chi connectivity index (χ4n) is 5.31.